The number of anilines is 1. The maximum atomic E-state index is 12.1. The highest BCUT2D eigenvalue weighted by molar-refractivity contribution is 5.83. The summed E-state index contributed by atoms with van der Waals surface area (Å²) in [6, 6.07) is 15.9. The maximum Gasteiger partial charge on any atom is 0.241 e. The van der Waals surface area contributed by atoms with Crippen LogP contribution in [-0.4, -0.2) is 64.0 Å². The fourth-order valence-corrected chi connectivity index (χ4v) is 3.27. The first-order valence-corrected chi connectivity index (χ1v) is 9.75. The third-order valence-electron chi connectivity index (χ3n) is 4.93. The van der Waals surface area contributed by atoms with Crippen molar-refractivity contribution in [1.29, 1.82) is 0 Å². The first-order chi connectivity index (χ1) is 14.2. The van der Waals surface area contributed by atoms with E-state index in [0.717, 1.165) is 38.3 Å². The monoisotopic (exact) mass is 396 g/mol. The molecule has 1 fully saturated rings. The summed E-state index contributed by atoms with van der Waals surface area (Å²) in [4.78, 5) is 16.8. The second-order valence-electron chi connectivity index (χ2n) is 6.85. The number of carbonyl (C=O) groups is 1. The van der Waals surface area contributed by atoms with Gasteiger partial charge in [-0.25, -0.2) is 5.43 Å². The van der Waals surface area contributed by atoms with Crippen LogP contribution in [0.2, 0.25) is 0 Å². The third kappa shape index (κ3) is 6.22. The SMILES string of the molecule is COc1cc(/C=N/NC(=O)CCN2CCN(c3ccccc3)CC2)cc(OC)c1. The predicted octanol–water partition coefficient (Wildman–Crippen LogP) is 2.37. The highest BCUT2D eigenvalue weighted by Crippen LogP contribution is 2.21. The Balaban J connectivity index is 1.40. The van der Waals surface area contributed by atoms with E-state index >= 15 is 0 Å². The molecule has 2 aromatic rings. The van der Waals surface area contributed by atoms with Gasteiger partial charge in [0.1, 0.15) is 11.5 Å². The number of hydrazone groups is 1. The van der Waals surface area contributed by atoms with Gasteiger partial charge in [0.25, 0.3) is 0 Å². The molecular weight excluding hydrogens is 368 g/mol. The molecule has 0 spiro atoms. The Labute approximate surface area is 171 Å². The normalized spacial score (nSPS) is 14.8. The molecule has 154 valence electrons. The molecule has 7 nitrogen and oxygen atoms in total. The molecule has 0 radical (unpaired) electrons. The predicted molar refractivity (Wildman–Crippen MR) is 115 cm³/mol. The van der Waals surface area contributed by atoms with E-state index in [1.807, 2.05) is 18.2 Å². The summed E-state index contributed by atoms with van der Waals surface area (Å²) < 4.78 is 10.5. The lowest BCUT2D eigenvalue weighted by atomic mass is 10.2. The van der Waals surface area contributed by atoms with Crippen molar-refractivity contribution in [3.63, 3.8) is 0 Å². The lowest BCUT2D eigenvalue weighted by molar-refractivity contribution is -0.121. The summed E-state index contributed by atoms with van der Waals surface area (Å²) in [5.41, 5.74) is 4.64. The first kappa shape index (κ1) is 20.7. The maximum absolute atomic E-state index is 12.1. The number of piperazine rings is 1. The van der Waals surface area contributed by atoms with Crippen LogP contribution in [0.4, 0.5) is 5.69 Å². The zero-order valence-corrected chi connectivity index (χ0v) is 17.0. The average molecular weight is 396 g/mol. The van der Waals surface area contributed by atoms with Crippen LogP contribution in [0.5, 0.6) is 11.5 Å². The summed E-state index contributed by atoms with van der Waals surface area (Å²) in [7, 11) is 3.19. The number of benzene rings is 2. The van der Waals surface area contributed by atoms with Crippen molar-refractivity contribution in [3.05, 3.63) is 54.1 Å². The standard InChI is InChI=1S/C22H28N4O3/c1-28-20-14-18(15-21(16-20)29-2)17-23-24-22(27)8-9-25-10-12-26(13-11-25)19-6-4-3-5-7-19/h3-7,14-17H,8-13H2,1-2H3,(H,24,27)/b23-17+. The lowest BCUT2D eigenvalue weighted by Crippen LogP contribution is -2.47. The molecule has 1 saturated heterocycles. The van der Waals surface area contributed by atoms with Gasteiger partial charge in [0.15, 0.2) is 0 Å². The Kier molecular flexibility index (Phi) is 7.47. The van der Waals surface area contributed by atoms with Crippen molar-refractivity contribution < 1.29 is 14.3 Å². The number of nitrogens with zero attached hydrogens (tertiary/aromatic N) is 3. The van der Waals surface area contributed by atoms with Gasteiger partial charge in [-0.1, -0.05) is 18.2 Å². The summed E-state index contributed by atoms with van der Waals surface area (Å²) >= 11 is 0. The number of hydrogen-bond acceptors (Lipinski definition) is 6. The van der Waals surface area contributed by atoms with Crippen LogP contribution in [-0.2, 0) is 4.79 Å². The highest BCUT2D eigenvalue weighted by Gasteiger charge is 2.17. The largest absolute Gasteiger partial charge is 0.497 e. The number of hydrogen-bond donors (Lipinski definition) is 1. The van der Waals surface area contributed by atoms with E-state index in [-0.39, 0.29) is 5.91 Å². The van der Waals surface area contributed by atoms with Gasteiger partial charge < -0.3 is 14.4 Å². The number of methoxy groups -OCH3 is 2. The molecule has 1 N–H and O–H groups in total. The number of amides is 1. The molecule has 1 amide bonds. The van der Waals surface area contributed by atoms with E-state index in [1.165, 1.54) is 5.69 Å². The summed E-state index contributed by atoms with van der Waals surface area (Å²) in [5, 5.41) is 4.05. The lowest BCUT2D eigenvalue weighted by Gasteiger charge is -2.36. The van der Waals surface area contributed by atoms with Gasteiger partial charge in [0.2, 0.25) is 5.91 Å². The van der Waals surface area contributed by atoms with E-state index < -0.39 is 0 Å². The van der Waals surface area contributed by atoms with Gasteiger partial charge in [0.05, 0.1) is 20.4 Å². The quantitative estimate of drug-likeness (QED) is 0.548. The van der Waals surface area contributed by atoms with E-state index in [0.29, 0.717) is 17.9 Å². The molecule has 0 saturated carbocycles. The summed E-state index contributed by atoms with van der Waals surface area (Å²) in [5.74, 6) is 1.25. The zero-order chi connectivity index (χ0) is 20.5. The molecule has 0 atom stereocenters. The number of carbonyl (C=O) groups excluding carboxylic acids is 1. The average Bonchev–Trinajstić information content (AvgIpc) is 2.78. The number of para-hydroxylation sites is 1. The minimum Gasteiger partial charge on any atom is -0.497 e. The molecule has 7 heteroatoms. The topological polar surface area (TPSA) is 66.4 Å². The summed E-state index contributed by atoms with van der Waals surface area (Å²) in [6.07, 6.45) is 2.01. The summed E-state index contributed by atoms with van der Waals surface area (Å²) in [6.45, 7) is 4.59. The Bertz CT molecular complexity index is 796. The van der Waals surface area contributed by atoms with Crippen molar-refractivity contribution in [1.82, 2.24) is 10.3 Å². The first-order valence-electron chi connectivity index (χ1n) is 9.75. The van der Waals surface area contributed by atoms with Crippen LogP contribution in [0, 0.1) is 0 Å². The Hall–Kier alpha value is -3.06. The molecule has 3 rings (SSSR count). The molecule has 0 bridgehead atoms. The molecule has 29 heavy (non-hydrogen) atoms. The van der Waals surface area contributed by atoms with Crippen LogP contribution in [0.1, 0.15) is 12.0 Å². The minimum atomic E-state index is -0.0957. The van der Waals surface area contributed by atoms with Gasteiger partial charge in [0, 0.05) is 56.5 Å². The Morgan fingerprint density at radius 1 is 1.03 bits per heavy atom. The number of nitrogens with one attached hydrogen (secondary N) is 1. The van der Waals surface area contributed by atoms with Crippen LogP contribution in [0.25, 0.3) is 0 Å². The molecule has 1 aliphatic heterocycles. The second kappa shape index (κ2) is 10.5. The van der Waals surface area contributed by atoms with Gasteiger partial charge >= 0.3 is 0 Å². The van der Waals surface area contributed by atoms with Gasteiger partial charge in [-0.05, 0) is 24.3 Å². The molecule has 1 heterocycles. The van der Waals surface area contributed by atoms with E-state index in [9.17, 15) is 4.79 Å². The van der Waals surface area contributed by atoms with Crippen molar-refractivity contribution >= 4 is 17.8 Å². The third-order valence-corrected chi connectivity index (χ3v) is 4.93. The van der Waals surface area contributed by atoms with Crippen LogP contribution >= 0.6 is 0 Å². The highest BCUT2D eigenvalue weighted by atomic mass is 16.5. The van der Waals surface area contributed by atoms with Crippen molar-refractivity contribution in [2.75, 3.05) is 51.8 Å². The smallest absolute Gasteiger partial charge is 0.241 e. The van der Waals surface area contributed by atoms with Gasteiger partial charge in [-0.3, -0.25) is 9.69 Å². The fraction of sp³-hybridized carbons (Fsp3) is 0.364. The molecule has 2 aromatic carbocycles. The molecule has 0 unspecified atom stereocenters. The number of ether oxygens (including phenoxy) is 2. The Morgan fingerprint density at radius 2 is 1.69 bits per heavy atom. The molecule has 0 aromatic heterocycles. The second-order valence-corrected chi connectivity index (χ2v) is 6.85. The van der Waals surface area contributed by atoms with Crippen LogP contribution < -0.4 is 19.8 Å². The van der Waals surface area contributed by atoms with Crippen LogP contribution in [0.3, 0.4) is 0 Å². The molecular formula is C22H28N4O3. The van der Waals surface area contributed by atoms with Gasteiger partial charge in [-0.2, -0.15) is 5.10 Å². The Morgan fingerprint density at radius 3 is 2.31 bits per heavy atom. The number of rotatable bonds is 8. The van der Waals surface area contributed by atoms with Crippen LogP contribution in [0.15, 0.2) is 53.6 Å². The minimum absolute atomic E-state index is 0.0957. The zero-order valence-electron chi connectivity index (χ0n) is 17.0. The van der Waals surface area contributed by atoms with Crippen molar-refractivity contribution in [2.45, 2.75) is 6.42 Å². The van der Waals surface area contributed by atoms with E-state index in [4.69, 9.17) is 9.47 Å². The van der Waals surface area contributed by atoms with E-state index in [2.05, 4.69) is 44.6 Å². The van der Waals surface area contributed by atoms with Gasteiger partial charge in [-0.15, -0.1) is 0 Å². The van der Waals surface area contributed by atoms with Crippen molar-refractivity contribution in [2.24, 2.45) is 5.10 Å². The fourth-order valence-electron chi connectivity index (χ4n) is 3.27. The molecule has 1 aliphatic rings. The molecule has 0 aliphatic carbocycles. The van der Waals surface area contributed by atoms with E-state index in [1.54, 1.807) is 26.5 Å². The van der Waals surface area contributed by atoms with Crippen molar-refractivity contribution in [3.8, 4) is 11.5 Å².